The first-order valence-corrected chi connectivity index (χ1v) is 18.7. The quantitative estimate of drug-likeness (QED) is 0.163. The van der Waals surface area contributed by atoms with Gasteiger partial charge in [0.25, 0.3) is 0 Å². The van der Waals surface area contributed by atoms with E-state index >= 15 is 0 Å². The number of pyridine rings is 2. The highest BCUT2D eigenvalue weighted by molar-refractivity contribution is 9.10. The van der Waals surface area contributed by atoms with Crippen molar-refractivity contribution in [2.45, 2.75) is 0 Å². The summed E-state index contributed by atoms with van der Waals surface area (Å²) in [6.07, 6.45) is 3.57. The minimum atomic E-state index is -1.38. The van der Waals surface area contributed by atoms with Gasteiger partial charge in [-0.1, -0.05) is 50.1 Å². The summed E-state index contributed by atoms with van der Waals surface area (Å²) in [5.41, 5.74) is 4.92. The van der Waals surface area contributed by atoms with Crippen LogP contribution in [0.1, 0.15) is 21.0 Å². The van der Waals surface area contributed by atoms with Crippen LogP contribution in [0.5, 0.6) is 0 Å². The van der Waals surface area contributed by atoms with E-state index in [9.17, 15) is 9.59 Å². The number of anilines is 2. The highest BCUT2D eigenvalue weighted by Crippen LogP contribution is 2.27. The number of H-pyrrole nitrogens is 1. The van der Waals surface area contributed by atoms with Crippen LogP contribution in [0, 0.1) is 0 Å². The Labute approximate surface area is 332 Å². The number of methoxy groups -OCH3 is 2. The zero-order valence-electron chi connectivity index (χ0n) is 29.9. The van der Waals surface area contributed by atoms with Gasteiger partial charge in [-0.25, -0.2) is 24.2 Å². The van der Waals surface area contributed by atoms with Crippen LogP contribution in [0.2, 0.25) is 0 Å². The second kappa shape index (κ2) is 18.6. The van der Waals surface area contributed by atoms with Gasteiger partial charge in [-0.3, -0.25) is 5.10 Å². The second-order valence-electron chi connectivity index (χ2n) is 12.1. The summed E-state index contributed by atoms with van der Waals surface area (Å²) in [5, 5.41) is 29.8. The van der Waals surface area contributed by atoms with Gasteiger partial charge < -0.3 is 38.8 Å². The second-order valence-corrected chi connectivity index (χ2v) is 13.9. The molecule has 286 valence electrons. The molecule has 2 aromatic carbocycles. The van der Waals surface area contributed by atoms with Crippen molar-refractivity contribution in [3.05, 3.63) is 93.4 Å². The van der Waals surface area contributed by atoms with Gasteiger partial charge in [0.05, 0.1) is 80.9 Å². The van der Waals surface area contributed by atoms with E-state index in [1.807, 2.05) is 48.7 Å². The SMILES string of the molecule is COC(=O)c1[nH]nc2ncc(N3CCOCC3)cc12.COC(=O)c1nn(-c2cccc(Br)c2)c2ncc(N3CCOCC3)cc12.OB(O)c1cccc(Br)c1. The minimum absolute atomic E-state index is 0.255. The Kier molecular flexibility index (Phi) is 13.5. The number of hydrogen-bond donors (Lipinski definition) is 3. The zero-order chi connectivity index (χ0) is 38.9. The van der Waals surface area contributed by atoms with Crippen molar-refractivity contribution in [1.29, 1.82) is 0 Å². The van der Waals surface area contributed by atoms with Crippen LogP contribution < -0.4 is 15.3 Å². The molecule has 16 nitrogen and oxygen atoms in total. The number of nitrogens with zero attached hydrogens (tertiary/aromatic N) is 7. The number of aromatic amines is 1. The van der Waals surface area contributed by atoms with Crippen LogP contribution in [0.25, 0.3) is 27.8 Å². The zero-order valence-corrected chi connectivity index (χ0v) is 33.1. The van der Waals surface area contributed by atoms with Gasteiger partial charge in [0.15, 0.2) is 22.7 Å². The lowest BCUT2D eigenvalue weighted by atomic mass is 9.81. The van der Waals surface area contributed by atoms with E-state index in [4.69, 9.17) is 29.0 Å². The Hall–Kier alpha value is -4.92. The van der Waals surface area contributed by atoms with Crippen LogP contribution in [-0.2, 0) is 18.9 Å². The summed E-state index contributed by atoms with van der Waals surface area (Å²) in [6.45, 7) is 5.98. The van der Waals surface area contributed by atoms with Crippen LogP contribution in [-0.4, -0.2) is 126 Å². The summed E-state index contributed by atoms with van der Waals surface area (Å²) in [5.74, 6) is -0.923. The van der Waals surface area contributed by atoms with Gasteiger partial charge >= 0.3 is 19.1 Å². The molecule has 0 amide bonds. The normalized spacial score (nSPS) is 14.1. The molecular formula is C36H37BBr2N8O8. The molecule has 0 unspecified atom stereocenters. The van der Waals surface area contributed by atoms with Crippen molar-refractivity contribution in [2.75, 3.05) is 76.6 Å². The molecule has 0 saturated carbocycles. The van der Waals surface area contributed by atoms with Gasteiger partial charge in [0.1, 0.15) is 0 Å². The fraction of sp³-hybridized carbons (Fsp3) is 0.278. The maximum atomic E-state index is 12.3. The van der Waals surface area contributed by atoms with Gasteiger partial charge in [-0.15, -0.1) is 0 Å². The molecule has 2 fully saturated rings. The molecule has 0 aliphatic carbocycles. The lowest BCUT2D eigenvalue weighted by Crippen LogP contribution is -2.36. The third kappa shape index (κ3) is 9.67. The third-order valence-corrected chi connectivity index (χ3v) is 9.61. The summed E-state index contributed by atoms with van der Waals surface area (Å²) >= 11 is 6.67. The van der Waals surface area contributed by atoms with Crippen molar-refractivity contribution >= 4 is 89.8 Å². The van der Waals surface area contributed by atoms with E-state index in [0.717, 1.165) is 52.2 Å². The van der Waals surface area contributed by atoms with Gasteiger partial charge in [-0.05, 0) is 47.9 Å². The van der Waals surface area contributed by atoms with Crippen molar-refractivity contribution in [3.63, 3.8) is 0 Å². The highest BCUT2D eigenvalue weighted by atomic mass is 79.9. The Bertz CT molecular complexity index is 2260. The largest absolute Gasteiger partial charge is 0.488 e. The Morgan fingerprint density at radius 2 is 1.35 bits per heavy atom. The van der Waals surface area contributed by atoms with E-state index < -0.39 is 19.1 Å². The number of nitrogens with one attached hydrogen (secondary N) is 1. The number of benzene rings is 2. The predicted molar refractivity (Wildman–Crippen MR) is 213 cm³/mol. The predicted octanol–water partition coefficient (Wildman–Crippen LogP) is 3.52. The summed E-state index contributed by atoms with van der Waals surface area (Å²) < 4.78 is 23.8. The molecule has 3 N–H and O–H groups in total. The number of morpholine rings is 2. The van der Waals surface area contributed by atoms with Gasteiger partial charge in [0.2, 0.25) is 0 Å². The number of ether oxygens (including phenoxy) is 4. The van der Waals surface area contributed by atoms with Gasteiger partial charge in [-0.2, -0.15) is 10.2 Å². The number of halogens is 2. The Balaban J connectivity index is 0.000000155. The number of rotatable bonds is 6. The molecule has 55 heavy (non-hydrogen) atoms. The molecule has 6 heterocycles. The van der Waals surface area contributed by atoms with E-state index in [2.05, 4.69) is 66.9 Å². The monoisotopic (exact) mass is 878 g/mol. The molecule has 0 atom stereocenters. The summed E-state index contributed by atoms with van der Waals surface area (Å²) in [6, 6.07) is 18.4. The van der Waals surface area contributed by atoms with Crippen molar-refractivity contribution < 1.29 is 38.6 Å². The highest BCUT2D eigenvalue weighted by Gasteiger charge is 2.22. The standard InChI is InChI=1S/C18H17BrN4O3.C12H14N4O3.C6H6BBrO2/c1-25-18(24)16-15-10-14(22-5-7-26-8-6-22)11-20-17(15)23(21-16)13-4-2-3-12(19)9-13;1-18-12(17)10-9-6-8(7-13-11(9)15-14-10)16-2-4-19-5-3-16;8-6-3-1-2-5(4-6)7(9)10/h2-4,9-11H,5-8H2,1H3;6-7H,2-5H2,1H3,(H,13,14,15);1-4,9-10H. The lowest BCUT2D eigenvalue weighted by Gasteiger charge is -2.28. The molecule has 0 bridgehead atoms. The topological polar surface area (TPSA) is 190 Å². The molecule has 0 spiro atoms. The van der Waals surface area contributed by atoms with Crippen LogP contribution >= 0.6 is 31.9 Å². The summed E-state index contributed by atoms with van der Waals surface area (Å²) in [7, 11) is 1.32. The number of esters is 2. The maximum absolute atomic E-state index is 12.3. The smallest absolute Gasteiger partial charge is 0.464 e. The minimum Gasteiger partial charge on any atom is -0.464 e. The first kappa shape index (κ1) is 39.8. The number of carbonyl (C=O) groups excluding carboxylic acids is 2. The molecule has 2 aliphatic rings. The summed E-state index contributed by atoms with van der Waals surface area (Å²) in [4.78, 5) is 37.1. The Morgan fingerprint density at radius 3 is 1.91 bits per heavy atom. The van der Waals surface area contributed by atoms with E-state index in [1.54, 1.807) is 29.1 Å². The molecule has 6 aromatic rings. The van der Waals surface area contributed by atoms with Gasteiger partial charge in [0, 0.05) is 35.1 Å². The molecule has 8 rings (SSSR count). The van der Waals surface area contributed by atoms with E-state index in [-0.39, 0.29) is 5.69 Å². The first-order chi connectivity index (χ1) is 26.7. The Morgan fingerprint density at radius 1 is 0.764 bits per heavy atom. The molecule has 2 aliphatic heterocycles. The van der Waals surface area contributed by atoms with Crippen molar-refractivity contribution in [1.82, 2.24) is 29.9 Å². The number of fused-ring (bicyclic) bond motifs is 2. The average molecular weight is 880 g/mol. The van der Waals surface area contributed by atoms with Crippen LogP contribution in [0.3, 0.4) is 0 Å². The number of carbonyl (C=O) groups is 2. The molecule has 2 saturated heterocycles. The fourth-order valence-corrected chi connectivity index (χ4v) is 6.63. The fourth-order valence-electron chi connectivity index (χ4n) is 5.83. The third-order valence-electron chi connectivity index (χ3n) is 8.62. The first-order valence-electron chi connectivity index (χ1n) is 17.1. The molecule has 19 heteroatoms. The van der Waals surface area contributed by atoms with Crippen LogP contribution in [0.15, 0.2) is 82.0 Å². The van der Waals surface area contributed by atoms with Crippen molar-refractivity contribution in [3.8, 4) is 5.69 Å². The maximum Gasteiger partial charge on any atom is 0.488 e. The molecular weight excluding hydrogens is 843 g/mol. The lowest BCUT2D eigenvalue weighted by molar-refractivity contribution is 0.0587. The van der Waals surface area contributed by atoms with E-state index in [0.29, 0.717) is 59.7 Å². The molecule has 0 radical (unpaired) electrons. The molecule has 4 aromatic heterocycles. The van der Waals surface area contributed by atoms with Crippen molar-refractivity contribution in [2.24, 2.45) is 0 Å². The van der Waals surface area contributed by atoms with E-state index in [1.165, 1.54) is 14.2 Å². The number of hydrogen-bond acceptors (Lipinski definition) is 14. The van der Waals surface area contributed by atoms with Crippen LogP contribution in [0.4, 0.5) is 11.4 Å². The number of aromatic nitrogens is 6. The average Bonchev–Trinajstić information content (AvgIpc) is 3.83.